The van der Waals surface area contributed by atoms with Crippen LogP contribution < -0.4 is 0 Å². The lowest BCUT2D eigenvalue weighted by atomic mass is 9.94. The van der Waals surface area contributed by atoms with Gasteiger partial charge in [0.15, 0.2) is 0 Å². The minimum atomic E-state index is -0.392. The Balaban J connectivity index is 1.55. The maximum atomic E-state index is 12.2. The minimum absolute atomic E-state index is 0.0363. The van der Waals surface area contributed by atoms with Crippen LogP contribution in [0, 0.1) is 6.92 Å². The Kier molecular flexibility index (Phi) is 8.02. The molecule has 1 heterocycles. The van der Waals surface area contributed by atoms with Gasteiger partial charge in [-0.3, -0.25) is 9.59 Å². The summed E-state index contributed by atoms with van der Waals surface area (Å²) in [6, 6.07) is 21.7. The number of benzene rings is 3. The molecule has 0 amide bonds. The Bertz CT molecular complexity index is 1380. The van der Waals surface area contributed by atoms with Gasteiger partial charge in [0.25, 0.3) is 5.89 Å². The molecule has 0 atom stereocenters. The number of aryl methyl sites for hydroxylation is 1. The Morgan fingerprint density at radius 3 is 2.50 bits per heavy atom. The molecule has 4 rings (SSSR count). The van der Waals surface area contributed by atoms with Crippen molar-refractivity contribution in [1.29, 1.82) is 0 Å². The second kappa shape index (κ2) is 11.6. The first-order valence-corrected chi connectivity index (χ1v) is 11.7. The van der Waals surface area contributed by atoms with Crippen LogP contribution in [0.5, 0.6) is 0 Å². The van der Waals surface area contributed by atoms with E-state index in [0.717, 1.165) is 33.4 Å². The normalized spacial score (nSPS) is 10.9. The highest BCUT2D eigenvalue weighted by atomic mass is 16.5. The lowest BCUT2D eigenvalue weighted by molar-refractivity contribution is -0.141. The first kappa shape index (κ1) is 25.0. The zero-order valence-electron chi connectivity index (χ0n) is 20.6. The van der Waals surface area contributed by atoms with Gasteiger partial charge in [-0.25, -0.2) is 0 Å². The molecular formula is C29H28N2O5. The van der Waals surface area contributed by atoms with E-state index < -0.39 is 5.97 Å². The summed E-state index contributed by atoms with van der Waals surface area (Å²) in [6.07, 6.45) is 0.443. The topological polar surface area (TPSA) is 91.5 Å². The average molecular weight is 485 g/mol. The van der Waals surface area contributed by atoms with E-state index in [1.165, 1.54) is 12.7 Å². The standard InChI is InChI=1S/C29H28N2O5/c1-19-7-4-5-10-25(19)26-13-11-22(17-23(26)18-34-2)29-30-28(31-36-29)21-9-6-8-20(15-21)16-24(32)12-14-27(33)35-3/h4-11,13,15,17H,12,14,16,18H2,1-3H3. The molecule has 0 bridgehead atoms. The molecule has 0 N–H and O–H groups in total. The van der Waals surface area contributed by atoms with E-state index >= 15 is 0 Å². The molecule has 0 saturated heterocycles. The molecule has 0 fully saturated rings. The van der Waals surface area contributed by atoms with Crippen LogP contribution in [-0.2, 0) is 32.1 Å². The van der Waals surface area contributed by atoms with Crippen molar-refractivity contribution in [3.63, 3.8) is 0 Å². The summed E-state index contributed by atoms with van der Waals surface area (Å²) >= 11 is 0. The van der Waals surface area contributed by atoms with E-state index in [-0.39, 0.29) is 25.0 Å². The van der Waals surface area contributed by atoms with Crippen molar-refractivity contribution in [2.45, 2.75) is 32.8 Å². The van der Waals surface area contributed by atoms with Crippen molar-refractivity contribution >= 4 is 11.8 Å². The highest BCUT2D eigenvalue weighted by Gasteiger charge is 2.15. The van der Waals surface area contributed by atoms with Gasteiger partial charge in [-0.2, -0.15) is 4.98 Å². The van der Waals surface area contributed by atoms with Gasteiger partial charge in [0.1, 0.15) is 5.78 Å². The number of Topliss-reactive ketones (excluding diaryl/α,β-unsaturated/α-hetero) is 1. The fourth-order valence-corrected chi connectivity index (χ4v) is 4.08. The van der Waals surface area contributed by atoms with E-state index in [9.17, 15) is 9.59 Å². The summed E-state index contributed by atoms with van der Waals surface area (Å²) in [4.78, 5) is 28.1. The molecule has 0 aliphatic rings. The van der Waals surface area contributed by atoms with Gasteiger partial charge < -0.3 is 14.0 Å². The number of ether oxygens (including phenoxy) is 2. The van der Waals surface area contributed by atoms with Crippen LogP contribution in [0.4, 0.5) is 0 Å². The van der Waals surface area contributed by atoms with Crippen LogP contribution in [0.2, 0.25) is 0 Å². The smallest absolute Gasteiger partial charge is 0.305 e. The summed E-state index contributed by atoms with van der Waals surface area (Å²) < 4.78 is 15.6. The van der Waals surface area contributed by atoms with Crippen molar-refractivity contribution in [2.24, 2.45) is 0 Å². The molecule has 3 aromatic carbocycles. The average Bonchev–Trinajstić information content (AvgIpc) is 3.39. The second-order valence-electron chi connectivity index (χ2n) is 8.53. The molecule has 4 aromatic rings. The summed E-state index contributed by atoms with van der Waals surface area (Å²) in [7, 11) is 2.98. The molecule has 7 nitrogen and oxygen atoms in total. The van der Waals surface area contributed by atoms with Crippen LogP contribution >= 0.6 is 0 Å². The van der Waals surface area contributed by atoms with Crippen LogP contribution in [-0.4, -0.2) is 36.1 Å². The maximum absolute atomic E-state index is 12.2. The highest BCUT2D eigenvalue weighted by molar-refractivity contribution is 5.84. The van der Waals surface area contributed by atoms with E-state index in [1.807, 2.05) is 48.5 Å². The third-order valence-electron chi connectivity index (χ3n) is 5.94. The lowest BCUT2D eigenvalue weighted by Crippen LogP contribution is -2.07. The molecule has 7 heteroatoms. The summed E-state index contributed by atoms with van der Waals surface area (Å²) in [5, 5.41) is 4.16. The van der Waals surface area contributed by atoms with Crippen molar-refractivity contribution in [2.75, 3.05) is 14.2 Å². The molecule has 0 unspecified atom stereocenters. The number of carbonyl (C=O) groups is 2. The lowest BCUT2D eigenvalue weighted by Gasteiger charge is -2.12. The fourth-order valence-electron chi connectivity index (χ4n) is 4.08. The summed E-state index contributed by atoms with van der Waals surface area (Å²) in [6.45, 7) is 2.54. The Labute approximate surface area is 210 Å². The molecule has 0 spiro atoms. The van der Waals surface area contributed by atoms with Crippen molar-refractivity contribution in [3.8, 4) is 34.0 Å². The van der Waals surface area contributed by atoms with Crippen molar-refractivity contribution < 1.29 is 23.6 Å². The number of esters is 1. The maximum Gasteiger partial charge on any atom is 0.305 e. The van der Waals surface area contributed by atoms with Gasteiger partial charge in [0, 0.05) is 31.1 Å². The highest BCUT2D eigenvalue weighted by Crippen LogP contribution is 2.31. The summed E-state index contributed by atoms with van der Waals surface area (Å²) in [5.41, 5.74) is 6.83. The number of rotatable bonds is 10. The van der Waals surface area contributed by atoms with E-state index in [2.05, 4.69) is 40.0 Å². The number of methoxy groups -OCH3 is 2. The molecule has 0 saturated carbocycles. The third-order valence-corrected chi connectivity index (χ3v) is 5.94. The minimum Gasteiger partial charge on any atom is -0.469 e. The number of aromatic nitrogens is 2. The second-order valence-corrected chi connectivity index (χ2v) is 8.53. The van der Waals surface area contributed by atoms with Gasteiger partial charge >= 0.3 is 5.97 Å². The number of nitrogens with zero attached hydrogens (tertiary/aromatic N) is 2. The zero-order chi connectivity index (χ0) is 25.5. The monoisotopic (exact) mass is 484 g/mol. The number of hydrogen-bond acceptors (Lipinski definition) is 7. The quantitative estimate of drug-likeness (QED) is 0.271. The first-order chi connectivity index (χ1) is 17.5. The molecule has 0 radical (unpaired) electrons. The first-order valence-electron chi connectivity index (χ1n) is 11.7. The van der Waals surface area contributed by atoms with Gasteiger partial charge in [-0.15, -0.1) is 0 Å². The Hall–Kier alpha value is -4.10. The van der Waals surface area contributed by atoms with E-state index in [0.29, 0.717) is 18.3 Å². The zero-order valence-corrected chi connectivity index (χ0v) is 20.6. The number of hydrogen-bond donors (Lipinski definition) is 0. The van der Waals surface area contributed by atoms with Gasteiger partial charge in [0.05, 0.1) is 20.1 Å². The SMILES string of the molecule is COCc1cc(-c2nc(-c3cccc(CC(=O)CCC(=O)OC)c3)no2)ccc1-c1ccccc1C. The third kappa shape index (κ3) is 5.93. The Morgan fingerprint density at radius 2 is 1.72 bits per heavy atom. The molecule has 184 valence electrons. The van der Waals surface area contributed by atoms with E-state index in [1.54, 1.807) is 7.11 Å². The molecular weight excluding hydrogens is 456 g/mol. The molecule has 0 aliphatic carbocycles. The molecule has 0 aliphatic heterocycles. The predicted molar refractivity (Wildman–Crippen MR) is 136 cm³/mol. The van der Waals surface area contributed by atoms with Crippen molar-refractivity contribution in [3.05, 3.63) is 83.4 Å². The predicted octanol–water partition coefficient (Wildman–Crippen LogP) is 5.59. The van der Waals surface area contributed by atoms with Crippen LogP contribution in [0.1, 0.15) is 29.5 Å². The fraction of sp³-hybridized carbons (Fsp3) is 0.241. The molecule has 1 aromatic heterocycles. The van der Waals surface area contributed by atoms with Gasteiger partial charge in [0.2, 0.25) is 5.82 Å². The molecule has 36 heavy (non-hydrogen) atoms. The van der Waals surface area contributed by atoms with E-state index in [4.69, 9.17) is 9.26 Å². The Morgan fingerprint density at radius 1 is 0.889 bits per heavy atom. The van der Waals surface area contributed by atoms with Crippen LogP contribution in [0.3, 0.4) is 0 Å². The number of carbonyl (C=O) groups excluding carboxylic acids is 2. The van der Waals surface area contributed by atoms with Crippen LogP contribution in [0.25, 0.3) is 34.0 Å². The van der Waals surface area contributed by atoms with Gasteiger partial charge in [-0.1, -0.05) is 53.7 Å². The summed E-state index contributed by atoms with van der Waals surface area (Å²) in [5.74, 6) is 0.408. The number of ketones is 1. The van der Waals surface area contributed by atoms with Crippen molar-refractivity contribution in [1.82, 2.24) is 10.1 Å². The van der Waals surface area contributed by atoms with Gasteiger partial charge in [-0.05, 0) is 52.9 Å². The largest absolute Gasteiger partial charge is 0.469 e. The van der Waals surface area contributed by atoms with Crippen LogP contribution in [0.15, 0.2) is 71.3 Å².